The molecule has 0 amide bonds. The number of phosphoric acid groups is 2. The summed E-state index contributed by atoms with van der Waals surface area (Å²) >= 11 is 0. The Bertz CT molecular complexity index is 2730. The van der Waals surface area contributed by atoms with Crippen LogP contribution in [0.1, 0.15) is 355 Å². The molecule has 0 saturated carbocycles. The molecular formula is C95H160O16P2. The number of aliphatic hydroxyl groups is 2. The molecule has 0 aliphatic rings. The van der Waals surface area contributed by atoms with Crippen LogP contribution in [0.5, 0.6) is 0 Å². The Kier molecular flexibility index (Phi) is 82.4. The second-order valence-corrected chi connectivity index (χ2v) is 32.2. The fraction of sp³-hybridized carbons (Fsp3) is 0.674. The van der Waals surface area contributed by atoms with Crippen molar-refractivity contribution >= 4 is 33.6 Å². The number of allylic oxidation sites excluding steroid dienone is 28. The first-order valence-corrected chi connectivity index (χ1v) is 47.4. The molecule has 0 fully saturated rings. The van der Waals surface area contributed by atoms with Crippen molar-refractivity contribution in [2.75, 3.05) is 39.6 Å². The standard InChI is InChI=1S/C95H160O16P2/c1-4-7-10-13-16-19-22-25-28-31-34-37-39-40-41-42-43-44-45-46-47-48-50-53-54-57-60-63-66-69-72-75-78-81-93(98)105-84-90(96)85-107-112(101,102)108-86-91(97)87-109-113(103,104)110-89-92(111-95(100)83-80-77-74-71-68-65-62-59-56-51-36-33-30-27-24-21-18-15-12-9-6-3)88-106-94(99)82-79-76-73-70-67-64-61-58-55-52-49-38-35-32-29-26-23-20-17-14-11-8-5-2/h7,10,16-21,25-30,34-38,40-41,43-44,51-52,55,59,62,90-92,96-97H,4-6,8-9,11-15,22-24,31-33,39,42,45-50,53-54,56-58,60-61,63-89H2,1-3H3,(H,101,102)(H,103,104)/b10-7-,19-16-,20-17-,21-18-,28-25-,29-26-,30-27-,37-34-,38-35-,41-40-,44-43-,51-36-,55-52-,62-59-. The zero-order valence-electron chi connectivity index (χ0n) is 71.0. The van der Waals surface area contributed by atoms with Gasteiger partial charge in [-0.2, -0.15) is 0 Å². The zero-order valence-corrected chi connectivity index (χ0v) is 72.8. The summed E-state index contributed by atoms with van der Waals surface area (Å²) in [5, 5.41) is 20.7. The molecule has 0 aliphatic carbocycles. The SMILES string of the molecule is CC/C=C\C/C=C\C/C=C\C/C=C\C/C=C\C/C=C\CCCCCCCCCCCCCCCCC(=O)OCC(O)COP(=O)(O)OCC(O)COP(=O)(O)OCC(COC(=O)CCCCCCCCC/C=C\C/C=C\C/C=C\C/C=C\CCCCC)OC(=O)CCCCCCC/C=C\C/C=C\C/C=C\C/C=C\CCCCC. The number of phosphoric ester groups is 2. The van der Waals surface area contributed by atoms with Crippen LogP contribution >= 0.6 is 15.6 Å². The van der Waals surface area contributed by atoms with Crippen LogP contribution < -0.4 is 0 Å². The summed E-state index contributed by atoms with van der Waals surface area (Å²) in [7, 11) is -9.82. The molecule has 0 heterocycles. The quantitative estimate of drug-likeness (QED) is 0.0146. The molecule has 5 atom stereocenters. The van der Waals surface area contributed by atoms with E-state index in [-0.39, 0.29) is 19.3 Å². The van der Waals surface area contributed by atoms with Gasteiger partial charge in [-0.25, -0.2) is 9.13 Å². The highest BCUT2D eigenvalue weighted by molar-refractivity contribution is 7.47. The minimum atomic E-state index is -4.95. The first-order valence-electron chi connectivity index (χ1n) is 44.4. The Balaban J connectivity index is 4.59. The number of unbranched alkanes of at least 4 members (excludes halogenated alkanes) is 32. The van der Waals surface area contributed by atoms with Crippen LogP contribution in [0.3, 0.4) is 0 Å². The van der Waals surface area contributed by atoms with E-state index in [1.807, 2.05) is 0 Å². The molecule has 0 bridgehead atoms. The molecule has 0 rings (SSSR count). The Labute approximate surface area is 688 Å². The Hall–Kier alpha value is -5.09. The van der Waals surface area contributed by atoms with Gasteiger partial charge < -0.3 is 34.2 Å². The van der Waals surface area contributed by atoms with Crippen LogP contribution in [-0.4, -0.2) is 95.9 Å². The fourth-order valence-electron chi connectivity index (χ4n) is 11.7. The van der Waals surface area contributed by atoms with Crippen molar-refractivity contribution in [3.8, 4) is 0 Å². The maximum atomic E-state index is 13.0. The highest BCUT2D eigenvalue weighted by atomic mass is 31.2. The number of rotatable bonds is 83. The molecule has 0 aromatic heterocycles. The van der Waals surface area contributed by atoms with Gasteiger partial charge in [-0.05, 0) is 161 Å². The van der Waals surface area contributed by atoms with Crippen LogP contribution in [0, 0.1) is 0 Å². The summed E-state index contributed by atoms with van der Waals surface area (Å²) in [5.41, 5.74) is 0. The maximum Gasteiger partial charge on any atom is 0.472 e. The van der Waals surface area contributed by atoms with E-state index in [4.69, 9.17) is 32.3 Å². The number of aliphatic hydroxyl groups excluding tert-OH is 2. The van der Waals surface area contributed by atoms with E-state index < -0.39 is 91.5 Å². The van der Waals surface area contributed by atoms with Crippen molar-refractivity contribution in [1.82, 2.24) is 0 Å². The van der Waals surface area contributed by atoms with E-state index in [1.54, 1.807) is 0 Å². The van der Waals surface area contributed by atoms with E-state index >= 15 is 0 Å². The van der Waals surface area contributed by atoms with Gasteiger partial charge in [-0.1, -0.05) is 345 Å². The van der Waals surface area contributed by atoms with Crippen LogP contribution in [0.4, 0.5) is 0 Å². The van der Waals surface area contributed by atoms with E-state index in [1.165, 1.54) is 109 Å². The molecule has 0 aliphatic heterocycles. The second kappa shape index (κ2) is 86.3. The normalized spacial score (nSPS) is 14.6. The third-order valence-corrected chi connectivity index (χ3v) is 20.3. The van der Waals surface area contributed by atoms with Gasteiger partial charge in [-0.15, -0.1) is 0 Å². The highest BCUT2D eigenvalue weighted by Gasteiger charge is 2.29. The molecule has 0 aromatic rings. The average Bonchev–Trinajstić information content (AvgIpc) is 0.900. The summed E-state index contributed by atoms with van der Waals surface area (Å²) in [6, 6.07) is 0. The molecule has 16 nitrogen and oxygen atoms in total. The third kappa shape index (κ3) is 87.6. The minimum Gasteiger partial charge on any atom is -0.463 e. The van der Waals surface area contributed by atoms with Gasteiger partial charge in [-0.3, -0.25) is 32.5 Å². The number of carbonyl (C=O) groups is 3. The van der Waals surface area contributed by atoms with Crippen molar-refractivity contribution in [3.05, 3.63) is 170 Å². The minimum absolute atomic E-state index is 0.0764. The van der Waals surface area contributed by atoms with Gasteiger partial charge in [0, 0.05) is 19.3 Å². The van der Waals surface area contributed by atoms with Crippen LogP contribution in [-0.2, 0) is 55.8 Å². The Morgan fingerprint density at radius 2 is 0.469 bits per heavy atom. The number of hydrogen-bond acceptors (Lipinski definition) is 14. The molecule has 18 heteroatoms. The van der Waals surface area contributed by atoms with Crippen LogP contribution in [0.25, 0.3) is 0 Å². The monoisotopic (exact) mass is 1620 g/mol. The molecule has 0 radical (unpaired) electrons. The second-order valence-electron chi connectivity index (χ2n) is 29.3. The summed E-state index contributed by atoms with van der Waals surface area (Å²) in [6.07, 6.45) is 111. The van der Waals surface area contributed by atoms with Crippen LogP contribution in [0.15, 0.2) is 170 Å². The van der Waals surface area contributed by atoms with E-state index in [0.717, 1.165) is 186 Å². The molecule has 5 unspecified atom stereocenters. The van der Waals surface area contributed by atoms with Gasteiger partial charge in [0.15, 0.2) is 6.10 Å². The summed E-state index contributed by atoms with van der Waals surface area (Å²) in [6.45, 7) is 2.50. The number of esters is 3. The number of hydrogen-bond donors (Lipinski definition) is 4. The van der Waals surface area contributed by atoms with Crippen molar-refractivity contribution in [3.63, 3.8) is 0 Å². The van der Waals surface area contributed by atoms with Gasteiger partial charge in [0.25, 0.3) is 0 Å². The van der Waals surface area contributed by atoms with Crippen molar-refractivity contribution in [2.45, 2.75) is 373 Å². The topological polar surface area (TPSA) is 231 Å². The van der Waals surface area contributed by atoms with E-state index in [0.29, 0.717) is 19.3 Å². The van der Waals surface area contributed by atoms with Gasteiger partial charge in [0.05, 0.1) is 26.4 Å². The molecule has 0 spiro atoms. The fourth-order valence-corrected chi connectivity index (χ4v) is 13.2. The lowest BCUT2D eigenvalue weighted by Gasteiger charge is -2.21. The molecule has 113 heavy (non-hydrogen) atoms. The highest BCUT2D eigenvalue weighted by Crippen LogP contribution is 2.45. The molecule has 0 aromatic carbocycles. The average molecular weight is 1620 g/mol. The summed E-state index contributed by atoms with van der Waals surface area (Å²) < 4.78 is 61.4. The first-order chi connectivity index (χ1) is 55.2. The Morgan fingerprint density at radius 1 is 0.257 bits per heavy atom. The zero-order chi connectivity index (χ0) is 82.2. The third-order valence-electron chi connectivity index (χ3n) is 18.4. The molecule has 0 saturated heterocycles. The maximum absolute atomic E-state index is 13.0. The van der Waals surface area contributed by atoms with Crippen molar-refractivity contribution in [2.24, 2.45) is 0 Å². The van der Waals surface area contributed by atoms with Gasteiger partial charge >= 0.3 is 33.6 Å². The largest absolute Gasteiger partial charge is 0.472 e. The van der Waals surface area contributed by atoms with Gasteiger partial charge in [0.2, 0.25) is 0 Å². The predicted octanol–water partition coefficient (Wildman–Crippen LogP) is 27.1. The molecular weight excluding hydrogens is 1460 g/mol. The summed E-state index contributed by atoms with van der Waals surface area (Å²) in [5.74, 6) is -1.61. The summed E-state index contributed by atoms with van der Waals surface area (Å²) in [4.78, 5) is 58.9. The van der Waals surface area contributed by atoms with E-state index in [9.17, 15) is 43.5 Å². The molecule has 4 N–H and O–H groups in total. The van der Waals surface area contributed by atoms with Crippen molar-refractivity contribution in [1.29, 1.82) is 0 Å². The van der Waals surface area contributed by atoms with E-state index in [2.05, 4.69) is 191 Å². The number of ether oxygens (including phenoxy) is 3. The van der Waals surface area contributed by atoms with Gasteiger partial charge in [0.1, 0.15) is 25.4 Å². The predicted molar refractivity (Wildman–Crippen MR) is 472 cm³/mol. The smallest absolute Gasteiger partial charge is 0.463 e. The lowest BCUT2D eigenvalue weighted by molar-refractivity contribution is -0.161. The lowest BCUT2D eigenvalue weighted by atomic mass is 10.0. The lowest BCUT2D eigenvalue weighted by Crippen LogP contribution is -2.30. The Morgan fingerprint density at radius 3 is 0.743 bits per heavy atom. The number of carbonyl (C=O) groups excluding carboxylic acids is 3. The van der Waals surface area contributed by atoms with Crippen molar-refractivity contribution < 1.29 is 75.8 Å². The molecule has 646 valence electrons. The first kappa shape index (κ1) is 108. The van der Waals surface area contributed by atoms with Crippen LogP contribution in [0.2, 0.25) is 0 Å².